The van der Waals surface area contributed by atoms with Gasteiger partial charge >= 0.3 is 0 Å². The smallest absolute Gasteiger partial charge is 0.123 e. The van der Waals surface area contributed by atoms with Crippen molar-refractivity contribution in [2.75, 3.05) is 19.9 Å². The van der Waals surface area contributed by atoms with Crippen molar-refractivity contribution in [3.63, 3.8) is 0 Å². The van der Waals surface area contributed by atoms with Crippen LogP contribution in [0.2, 0.25) is 0 Å². The zero-order chi connectivity index (χ0) is 14.4. The first kappa shape index (κ1) is 15.4. The molecule has 0 radical (unpaired) electrons. The Labute approximate surface area is 132 Å². The van der Waals surface area contributed by atoms with Crippen LogP contribution in [0.25, 0.3) is 0 Å². The van der Waals surface area contributed by atoms with Crippen molar-refractivity contribution < 1.29 is 4.74 Å². The zero-order valence-electron chi connectivity index (χ0n) is 11.5. The number of aromatic nitrogens is 1. The molecule has 0 saturated carbocycles. The van der Waals surface area contributed by atoms with Gasteiger partial charge in [0.15, 0.2) is 0 Å². The molecule has 1 aromatic carbocycles. The van der Waals surface area contributed by atoms with E-state index in [1.54, 1.807) is 18.9 Å². The quantitative estimate of drug-likeness (QED) is 0.799. The van der Waals surface area contributed by atoms with Crippen LogP contribution in [-0.4, -0.2) is 24.9 Å². The van der Waals surface area contributed by atoms with E-state index >= 15 is 0 Å². The molecule has 1 atom stereocenters. The second kappa shape index (κ2) is 7.67. The van der Waals surface area contributed by atoms with E-state index in [2.05, 4.69) is 32.3 Å². The summed E-state index contributed by atoms with van der Waals surface area (Å²) >= 11 is 5.12. The minimum atomic E-state index is 0.224. The second-order valence-electron chi connectivity index (χ2n) is 4.21. The van der Waals surface area contributed by atoms with Crippen LogP contribution in [0, 0.1) is 0 Å². The summed E-state index contributed by atoms with van der Waals surface area (Å²) in [7, 11) is 3.67. The molecule has 1 heterocycles. The maximum Gasteiger partial charge on any atom is 0.123 e. The number of benzene rings is 1. The van der Waals surface area contributed by atoms with Crippen molar-refractivity contribution in [3.8, 4) is 5.75 Å². The minimum absolute atomic E-state index is 0.224. The average Bonchev–Trinajstić information content (AvgIpc) is 2.50. The van der Waals surface area contributed by atoms with E-state index in [1.807, 2.05) is 43.6 Å². The maximum absolute atomic E-state index is 5.42. The lowest BCUT2D eigenvalue weighted by Crippen LogP contribution is -2.19. The number of hydrogen-bond donors (Lipinski definition) is 1. The standard InChI is InChI=1S/C15H17BrN2OS/c1-17-13(12-5-3-4-6-14(12)19-2)10-20-15-8-7-11(16)9-18-15/h3-9,13,17H,10H2,1-2H3. The van der Waals surface area contributed by atoms with Crippen LogP contribution in [0.1, 0.15) is 11.6 Å². The lowest BCUT2D eigenvalue weighted by molar-refractivity contribution is 0.404. The summed E-state index contributed by atoms with van der Waals surface area (Å²) in [5.41, 5.74) is 1.17. The van der Waals surface area contributed by atoms with Gasteiger partial charge in [0.05, 0.1) is 12.1 Å². The normalized spacial score (nSPS) is 12.2. The third-order valence-corrected chi connectivity index (χ3v) is 4.47. The van der Waals surface area contributed by atoms with Gasteiger partial charge in [-0.3, -0.25) is 0 Å². The number of methoxy groups -OCH3 is 1. The molecule has 0 bridgehead atoms. The van der Waals surface area contributed by atoms with Gasteiger partial charge in [-0.05, 0) is 41.2 Å². The fraction of sp³-hybridized carbons (Fsp3) is 0.267. The third kappa shape index (κ3) is 3.98. The van der Waals surface area contributed by atoms with Gasteiger partial charge in [-0.25, -0.2) is 4.98 Å². The monoisotopic (exact) mass is 352 g/mol. The summed E-state index contributed by atoms with van der Waals surface area (Å²) in [5, 5.41) is 4.35. The number of halogens is 1. The summed E-state index contributed by atoms with van der Waals surface area (Å²) in [6.07, 6.45) is 1.82. The number of nitrogens with zero attached hydrogens (tertiary/aromatic N) is 1. The average molecular weight is 353 g/mol. The number of hydrogen-bond acceptors (Lipinski definition) is 4. The largest absolute Gasteiger partial charge is 0.496 e. The van der Waals surface area contributed by atoms with Gasteiger partial charge in [0, 0.05) is 28.0 Å². The van der Waals surface area contributed by atoms with Gasteiger partial charge in [0.1, 0.15) is 5.75 Å². The lowest BCUT2D eigenvalue weighted by atomic mass is 10.1. The first-order valence-electron chi connectivity index (χ1n) is 6.29. The fourth-order valence-electron chi connectivity index (χ4n) is 1.90. The maximum atomic E-state index is 5.42. The van der Waals surface area contributed by atoms with E-state index < -0.39 is 0 Å². The fourth-order valence-corrected chi connectivity index (χ4v) is 3.11. The van der Waals surface area contributed by atoms with E-state index in [4.69, 9.17) is 4.74 Å². The summed E-state index contributed by atoms with van der Waals surface area (Å²) in [6, 6.07) is 12.3. The van der Waals surface area contributed by atoms with Crippen molar-refractivity contribution in [1.29, 1.82) is 0 Å². The summed E-state index contributed by atoms with van der Waals surface area (Å²) < 4.78 is 6.42. The van der Waals surface area contributed by atoms with Crippen LogP contribution in [0.4, 0.5) is 0 Å². The highest BCUT2D eigenvalue weighted by Gasteiger charge is 2.14. The van der Waals surface area contributed by atoms with Gasteiger partial charge in [-0.15, -0.1) is 11.8 Å². The molecule has 0 saturated heterocycles. The van der Waals surface area contributed by atoms with Crippen molar-refractivity contribution in [2.45, 2.75) is 11.1 Å². The van der Waals surface area contributed by atoms with Crippen LogP contribution < -0.4 is 10.1 Å². The first-order valence-corrected chi connectivity index (χ1v) is 8.07. The second-order valence-corrected chi connectivity index (χ2v) is 6.16. The van der Waals surface area contributed by atoms with Crippen LogP contribution in [0.15, 0.2) is 52.1 Å². The highest BCUT2D eigenvalue weighted by atomic mass is 79.9. The molecule has 1 aromatic heterocycles. The Morgan fingerprint density at radius 1 is 1.30 bits per heavy atom. The molecular weight excluding hydrogens is 336 g/mol. The topological polar surface area (TPSA) is 34.2 Å². The first-order chi connectivity index (χ1) is 9.74. The van der Waals surface area contributed by atoms with Crippen LogP contribution >= 0.6 is 27.7 Å². The van der Waals surface area contributed by atoms with Gasteiger partial charge in [0.2, 0.25) is 0 Å². The van der Waals surface area contributed by atoms with Crippen molar-refractivity contribution in [1.82, 2.24) is 10.3 Å². The summed E-state index contributed by atoms with van der Waals surface area (Å²) in [5.74, 6) is 1.81. The molecule has 3 nitrogen and oxygen atoms in total. The molecule has 0 aliphatic rings. The predicted octanol–water partition coefficient (Wildman–Crippen LogP) is 3.91. The van der Waals surface area contributed by atoms with Gasteiger partial charge in [0.25, 0.3) is 0 Å². The number of para-hydroxylation sites is 1. The Hall–Kier alpha value is -1.04. The Morgan fingerprint density at radius 2 is 2.10 bits per heavy atom. The molecule has 1 N–H and O–H groups in total. The summed E-state index contributed by atoms with van der Waals surface area (Å²) in [6.45, 7) is 0. The molecule has 0 amide bonds. The molecule has 0 spiro atoms. The predicted molar refractivity (Wildman–Crippen MR) is 87.5 cm³/mol. The van der Waals surface area contributed by atoms with Crippen LogP contribution in [-0.2, 0) is 0 Å². The van der Waals surface area contributed by atoms with Crippen molar-refractivity contribution >= 4 is 27.7 Å². The Bertz CT molecular complexity index is 548. The molecule has 2 rings (SSSR count). The van der Waals surface area contributed by atoms with E-state index in [0.717, 1.165) is 21.0 Å². The molecular formula is C15H17BrN2OS. The van der Waals surface area contributed by atoms with Crippen molar-refractivity contribution in [2.24, 2.45) is 0 Å². The lowest BCUT2D eigenvalue weighted by Gasteiger charge is -2.18. The van der Waals surface area contributed by atoms with Crippen LogP contribution in [0.3, 0.4) is 0 Å². The SMILES string of the molecule is CNC(CSc1ccc(Br)cn1)c1ccccc1OC. The molecule has 0 aliphatic heterocycles. The summed E-state index contributed by atoms with van der Waals surface area (Å²) in [4.78, 5) is 4.38. The number of ether oxygens (including phenoxy) is 1. The van der Waals surface area contributed by atoms with Gasteiger partial charge in [-0.1, -0.05) is 18.2 Å². The van der Waals surface area contributed by atoms with Gasteiger partial charge < -0.3 is 10.1 Å². The van der Waals surface area contributed by atoms with E-state index in [0.29, 0.717) is 0 Å². The molecule has 0 fully saturated rings. The highest BCUT2D eigenvalue weighted by Crippen LogP contribution is 2.29. The Morgan fingerprint density at radius 3 is 2.75 bits per heavy atom. The van der Waals surface area contributed by atoms with E-state index in [9.17, 15) is 0 Å². The van der Waals surface area contributed by atoms with E-state index in [1.165, 1.54) is 5.56 Å². The van der Waals surface area contributed by atoms with Crippen LogP contribution in [0.5, 0.6) is 5.75 Å². The molecule has 5 heteroatoms. The van der Waals surface area contributed by atoms with Gasteiger partial charge in [-0.2, -0.15) is 0 Å². The number of nitrogens with one attached hydrogen (secondary N) is 1. The number of pyridine rings is 1. The number of rotatable bonds is 6. The molecule has 20 heavy (non-hydrogen) atoms. The molecule has 0 aliphatic carbocycles. The Balaban J connectivity index is 2.07. The molecule has 1 unspecified atom stereocenters. The van der Waals surface area contributed by atoms with Crippen molar-refractivity contribution in [3.05, 3.63) is 52.6 Å². The number of thioether (sulfide) groups is 1. The van der Waals surface area contributed by atoms with E-state index in [-0.39, 0.29) is 6.04 Å². The highest BCUT2D eigenvalue weighted by molar-refractivity contribution is 9.10. The molecule has 106 valence electrons. The zero-order valence-corrected chi connectivity index (χ0v) is 13.9. The third-order valence-electron chi connectivity index (χ3n) is 2.96. The molecule has 2 aromatic rings. The minimum Gasteiger partial charge on any atom is -0.496 e. The Kier molecular flexibility index (Phi) is 5.88.